The SMILES string of the molecule is Cc1ccc(-n2nc(C)c(C3C(C#N)=C(N)Oc4c3c(=O)oc3ccccc43)c2Cl)cc1. The number of aromatic nitrogens is 2. The number of ether oxygens (including phenoxy) is 1. The van der Waals surface area contributed by atoms with Gasteiger partial charge in [0.05, 0.1) is 28.2 Å². The molecule has 5 rings (SSSR count). The number of allylic oxidation sites excluding steroid dienone is 1. The van der Waals surface area contributed by atoms with Gasteiger partial charge in [0, 0.05) is 5.56 Å². The van der Waals surface area contributed by atoms with Crippen molar-refractivity contribution in [1.29, 1.82) is 5.26 Å². The summed E-state index contributed by atoms with van der Waals surface area (Å²) < 4.78 is 12.9. The van der Waals surface area contributed by atoms with Gasteiger partial charge in [-0.25, -0.2) is 9.48 Å². The molecule has 32 heavy (non-hydrogen) atoms. The number of rotatable bonds is 2. The van der Waals surface area contributed by atoms with E-state index in [-0.39, 0.29) is 27.9 Å². The average Bonchev–Trinajstić information content (AvgIpc) is 3.07. The molecule has 2 aromatic heterocycles. The van der Waals surface area contributed by atoms with E-state index < -0.39 is 11.5 Å². The van der Waals surface area contributed by atoms with Crippen LogP contribution < -0.4 is 16.1 Å². The molecule has 0 spiro atoms. The van der Waals surface area contributed by atoms with Crippen LogP contribution in [0.2, 0.25) is 5.15 Å². The third kappa shape index (κ3) is 2.88. The maximum atomic E-state index is 13.1. The minimum atomic E-state index is -0.878. The summed E-state index contributed by atoms with van der Waals surface area (Å²) in [6, 6.07) is 16.8. The summed E-state index contributed by atoms with van der Waals surface area (Å²) in [4.78, 5) is 13.1. The van der Waals surface area contributed by atoms with Crippen molar-refractivity contribution in [3.05, 3.63) is 97.9 Å². The topological polar surface area (TPSA) is 107 Å². The van der Waals surface area contributed by atoms with Crippen LogP contribution in [0.3, 0.4) is 0 Å². The van der Waals surface area contributed by atoms with Crippen molar-refractivity contribution in [2.75, 3.05) is 0 Å². The molecule has 0 radical (unpaired) electrons. The first-order valence-electron chi connectivity index (χ1n) is 9.86. The molecule has 0 saturated heterocycles. The highest BCUT2D eigenvalue weighted by atomic mass is 35.5. The molecule has 3 heterocycles. The molecule has 2 N–H and O–H groups in total. The Hall–Kier alpha value is -4.02. The fourth-order valence-corrected chi connectivity index (χ4v) is 4.43. The Morgan fingerprint density at radius 1 is 1.12 bits per heavy atom. The number of nitriles is 1. The second-order valence-corrected chi connectivity index (χ2v) is 7.95. The number of fused-ring (bicyclic) bond motifs is 3. The van der Waals surface area contributed by atoms with Gasteiger partial charge >= 0.3 is 5.63 Å². The highest BCUT2D eigenvalue weighted by Gasteiger charge is 2.39. The van der Waals surface area contributed by atoms with E-state index >= 15 is 0 Å². The van der Waals surface area contributed by atoms with Crippen LogP contribution in [0.4, 0.5) is 0 Å². The number of halogens is 1. The second-order valence-electron chi connectivity index (χ2n) is 7.59. The minimum absolute atomic E-state index is 0.0773. The Bertz CT molecular complexity index is 1520. The maximum absolute atomic E-state index is 13.1. The van der Waals surface area contributed by atoms with Gasteiger partial charge in [-0.15, -0.1) is 0 Å². The number of para-hydroxylation sites is 1. The maximum Gasteiger partial charge on any atom is 0.344 e. The van der Waals surface area contributed by atoms with Gasteiger partial charge in [-0.05, 0) is 38.1 Å². The standard InChI is InChI=1S/C24H17ClN4O3/c1-12-7-9-14(10-8-12)29-22(25)18(13(2)28-29)19-16(11-26)23(27)32-21-15-5-3-4-6-17(15)31-24(30)20(19)21/h3-10,19H,27H2,1-2H3. The van der Waals surface area contributed by atoms with Gasteiger partial charge in [0.1, 0.15) is 22.4 Å². The van der Waals surface area contributed by atoms with Crippen molar-refractivity contribution >= 4 is 22.6 Å². The lowest BCUT2D eigenvalue weighted by molar-refractivity contribution is 0.388. The molecule has 1 aliphatic heterocycles. The van der Waals surface area contributed by atoms with Crippen LogP contribution in [0.1, 0.15) is 28.3 Å². The molecule has 7 nitrogen and oxygen atoms in total. The number of benzene rings is 2. The molecule has 0 bridgehead atoms. The summed E-state index contributed by atoms with van der Waals surface area (Å²) in [5.41, 5.74) is 9.03. The minimum Gasteiger partial charge on any atom is -0.439 e. The Morgan fingerprint density at radius 3 is 2.56 bits per heavy atom. The Morgan fingerprint density at radius 2 is 1.84 bits per heavy atom. The van der Waals surface area contributed by atoms with Gasteiger partial charge in [0.25, 0.3) is 0 Å². The lowest BCUT2D eigenvalue weighted by atomic mass is 9.84. The molecule has 0 saturated carbocycles. The quantitative estimate of drug-likeness (QED) is 0.457. The van der Waals surface area contributed by atoms with Gasteiger partial charge < -0.3 is 14.9 Å². The average molecular weight is 445 g/mol. The van der Waals surface area contributed by atoms with Gasteiger partial charge in [-0.1, -0.05) is 41.4 Å². The third-order valence-electron chi connectivity index (χ3n) is 5.59. The van der Waals surface area contributed by atoms with Crippen molar-refractivity contribution in [1.82, 2.24) is 9.78 Å². The first-order valence-corrected chi connectivity index (χ1v) is 10.2. The van der Waals surface area contributed by atoms with E-state index in [0.29, 0.717) is 22.2 Å². The predicted molar refractivity (Wildman–Crippen MR) is 120 cm³/mol. The Labute approximate surface area is 187 Å². The molecule has 4 aromatic rings. The van der Waals surface area contributed by atoms with Gasteiger partial charge in [-0.3, -0.25) is 0 Å². The molecule has 1 atom stereocenters. The van der Waals surface area contributed by atoms with Crippen molar-refractivity contribution in [2.24, 2.45) is 5.73 Å². The highest BCUT2D eigenvalue weighted by Crippen LogP contribution is 2.46. The summed E-state index contributed by atoms with van der Waals surface area (Å²) >= 11 is 6.80. The first-order chi connectivity index (χ1) is 15.4. The summed E-state index contributed by atoms with van der Waals surface area (Å²) in [7, 11) is 0. The Kier molecular flexibility index (Phi) is 4.54. The van der Waals surface area contributed by atoms with Crippen LogP contribution in [0.5, 0.6) is 5.75 Å². The molecule has 1 aliphatic rings. The molecule has 8 heteroatoms. The van der Waals surface area contributed by atoms with E-state index in [2.05, 4.69) is 11.2 Å². The number of hydrogen-bond donors (Lipinski definition) is 1. The Balaban J connectivity index is 1.81. The molecule has 0 fully saturated rings. The number of hydrogen-bond acceptors (Lipinski definition) is 6. The largest absolute Gasteiger partial charge is 0.439 e. The first kappa shape index (κ1) is 19.9. The fraction of sp³-hybridized carbons (Fsp3) is 0.125. The monoisotopic (exact) mass is 444 g/mol. The van der Waals surface area contributed by atoms with E-state index in [1.165, 1.54) is 0 Å². The van der Waals surface area contributed by atoms with E-state index in [1.807, 2.05) is 31.2 Å². The molecule has 0 amide bonds. The van der Waals surface area contributed by atoms with Crippen LogP contribution in [0.15, 0.2) is 69.2 Å². The smallest absolute Gasteiger partial charge is 0.344 e. The summed E-state index contributed by atoms with van der Waals surface area (Å²) in [5.74, 6) is -0.701. The van der Waals surface area contributed by atoms with E-state index in [9.17, 15) is 10.1 Å². The normalized spacial score (nSPS) is 15.4. The van der Waals surface area contributed by atoms with E-state index in [1.54, 1.807) is 35.9 Å². The van der Waals surface area contributed by atoms with E-state index in [4.69, 9.17) is 26.5 Å². The van der Waals surface area contributed by atoms with Crippen LogP contribution >= 0.6 is 11.6 Å². The fourth-order valence-electron chi connectivity index (χ4n) is 4.05. The van der Waals surface area contributed by atoms with E-state index in [0.717, 1.165) is 11.3 Å². The van der Waals surface area contributed by atoms with Crippen molar-refractivity contribution < 1.29 is 9.15 Å². The van der Waals surface area contributed by atoms with Gasteiger partial charge in [-0.2, -0.15) is 10.4 Å². The summed E-state index contributed by atoms with van der Waals surface area (Å²) in [6.45, 7) is 3.76. The highest BCUT2D eigenvalue weighted by molar-refractivity contribution is 6.30. The molecular formula is C24H17ClN4O3. The molecule has 158 valence electrons. The zero-order chi connectivity index (χ0) is 22.6. The predicted octanol–water partition coefficient (Wildman–Crippen LogP) is 4.47. The molecular weight excluding hydrogens is 428 g/mol. The van der Waals surface area contributed by atoms with Gasteiger partial charge in [0.2, 0.25) is 5.88 Å². The second kappa shape index (κ2) is 7.29. The van der Waals surface area contributed by atoms with Crippen LogP contribution in [-0.2, 0) is 0 Å². The van der Waals surface area contributed by atoms with Crippen LogP contribution in [0, 0.1) is 25.2 Å². The summed E-state index contributed by atoms with van der Waals surface area (Å²) in [5, 5.41) is 15.3. The number of aryl methyl sites for hydroxylation is 2. The number of nitrogens with zero attached hydrogens (tertiary/aromatic N) is 3. The number of nitrogens with two attached hydrogens (primary N) is 1. The van der Waals surface area contributed by atoms with Crippen LogP contribution in [-0.4, -0.2) is 9.78 Å². The van der Waals surface area contributed by atoms with Crippen molar-refractivity contribution in [2.45, 2.75) is 19.8 Å². The lowest BCUT2D eigenvalue weighted by Crippen LogP contribution is -2.26. The summed E-state index contributed by atoms with van der Waals surface area (Å²) in [6.07, 6.45) is 0. The van der Waals surface area contributed by atoms with Crippen molar-refractivity contribution in [3.8, 4) is 17.5 Å². The zero-order valence-electron chi connectivity index (χ0n) is 17.2. The van der Waals surface area contributed by atoms with Crippen LogP contribution in [0.25, 0.3) is 16.7 Å². The lowest BCUT2D eigenvalue weighted by Gasteiger charge is -2.25. The molecule has 2 aromatic carbocycles. The molecule has 0 aliphatic carbocycles. The van der Waals surface area contributed by atoms with Gasteiger partial charge in [0.15, 0.2) is 5.75 Å². The molecule has 1 unspecified atom stereocenters. The third-order valence-corrected chi connectivity index (χ3v) is 5.95. The zero-order valence-corrected chi connectivity index (χ0v) is 18.0. The van der Waals surface area contributed by atoms with Crippen molar-refractivity contribution in [3.63, 3.8) is 0 Å².